The highest BCUT2D eigenvalue weighted by molar-refractivity contribution is 6.16. The Balaban J connectivity index is 2.57. The van der Waals surface area contributed by atoms with E-state index in [2.05, 4.69) is 10.3 Å². The van der Waals surface area contributed by atoms with Crippen molar-refractivity contribution in [3.63, 3.8) is 0 Å². The highest BCUT2D eigenvalue weighted by Crippen LogP contribution is 2.31. The smallest absolute Gasteiger partial charge is 0.216 e. The van der Waals surface area contributed by atoms with Gasteiger partial charge >= 0.3 is 6.18 Å². The van der Waals surface area contributed by atoms with E-state index in [0.29, 0.717) is 16.9 Å². The third-order valence-electron chi connectivity index (χ3n) is 2.52. The number of halogens is 4. The molecule has 0 saturated carbocycles. The lowest BCUT2D eigenvalue weighted by Gasteiger charge is -2.12. The van der Waals surface area contributed by atoms with Crippen molar-refractivity contribution in [2.45, 2.75) is 19.0 Å². The molecule has 0 N–H and O–H groups in total. The van der Waals surface area contributed by atoms with Crippen molar-refractivity contribution in [2.24, 2.45) is 0 Å². The normalized spacial score (nSPS) is 11.8. The predicted molar refractivity (Wildman–Crippen MR) is 60.7 cm³/mol. The van der Waals surface area contributed by atoms with E-state index < -0.39 is 11.7 Å². The Kier molecular flexibility index (Phi) is 3.30. The molecule has 1 heterocycles. The Morgan fingerprint density at radius 2 is 2.06 bits per heavy atom. The molecule has 3 nitrogen and oxygen atoms in total. The number of nitrogens with zero attached hydrogens (tertiary/aromatic N) is 3. The van der Waals surface area contributed by atoms with Gasteiger partial charge in [-0.25, -0.2) is 4.68 Å². The lowest BCUT2D eigenvalue weighted by atomic mass is 10.1. The Morgan fingerprint density at radius 3 is 2.67 bits per heavy atom. The summed E-state index contributed by atoms with van der Waals surface area (Å²) in [5.41, 5.74) is 0.816. The van der Waals surface area contributed by atoms with Gasteiger partial charge in [-0.2, -0.15) is 13.2 Å². The topological polar surface area (TPSA) is 30.7 Å². The van der Waals surface area contributed by atoms with E-state index in [1.165, 1.54) is 16.9 Å². The predicted octanol–water partition coefficient (Wildman–Crippen LogP) is 3.33. The summed E-state index contributed by atoms with van der Waals surface area (Å²) in [6.07, 6.45) is -2.96. The van der Waals surface area contributed by atoms with Gasteiger partial charge in [0, 0.05) is 0 Å². The van der Waals surface area contributed by atoms with Crippen molar-refractivity contribution in [3.8, 4) is 5.69 Å². The summed E-state index contributed by atoms with van der Waals surface area (Å²) in [5.74, 6) is 0.128. The highest BCUT2D eigenvalue weighted by atomic mass is 35.5. The van der Waals surface area contributed by atoms with Crippen LogP contribution in [0, 0.1) is 6.92 Å². The van der Waals surface area contributed by atoms with E-state index in [-0.39, 0.29) is 5.88 Å². The van der Waals surface area contributed by atoms with Crippen molar-refractivity contribution in [2.75, 3.05) is 0 Å². The number of aromatic nitrogens is 3. The van der Waals surface area contributed by atoms with Gasteiger partial charge in [0.05, 0.1) is 29.0 Å². The SMILES string of the molecule is Cc1ccc(C(F)(F)F)cc1-n1nncc1CCl. The fraction of sp³-hybridized carbons (Fsp3) is 0.273. The van der Waals surface area contributed by atoms with E-state index in [1.54, 1.807) is 6.92 Å². The lowest BCUT2D eigenvalue weighted by molar-refractivity contribution is -0.137. The monoisotopic (exact) mass is 275 g/mol. The van der Waals surface area contributed by atoms with Crippen LogP contribution in [0.1, 0.15) is 16.8 Å². The summed E-state index contributed by atoms with van der Waals surface area (Å²) in [6, 6.07) is 3.48. The quantitative estimate of drug-likeness (QED) is 0.787. The van der Waals surface area contributed by atoms with Gasteiger partial charge in [-0.15, -0.1) is 16.7 Å². The molecule has 1 aromatic carbocycles. The first-order chi connectivity index (χ1) is 8.43. The van der Waals surface area contributed by atoms with Crippen molar-refractivity contribution in [1.29, 1.82) is 0 Å². The number of rotatable bonds is 2. The van der Waals surface area contributed by atoms with Crippen LogP contribution < -0.4 is 0 Å². The number of hydrogen-bond donors (Lipinski definition) is 0. The van der Waals surface area contributed by atoms with E-state index >= 15 is 0 Å². The van der Waals surface area contributed by atoms with Crippen molar-refractivity contribution < 1.29 is 13.2 Å². The molecule has 18 heavy (non-hydrogen) atoms. The van der Waals surface area contributed by atoms with Crippen LogP contribution in [0.5, 0.6) is 0 Å². The molecule has 1 aromatic heterocycles. The molecule has 2 aromatic rings. The van der Waals surface area contributed by atoms with Crippen LogP contribution >= 0.6 is 11.6 Å². The molecule has 0 bridgehead atoms. The maximum atomic E-state index is 12.7. The summed E-state index contributed by atoms with van der Waals surface area (Å²) >= 11 is 5.68. The molecule has 0 aliphatic heterocycles. The first-order valence-corrected chi connectivity index (χ1v) is 5.60. The molecule has 0 spiro atoms. The number of benzene rings is 1. The first kappa shape index (κ1) is 12.9. The van der Waals surface area contributed by atoms with Crippen molar-refractivity contribution >= 4 is 11.6 Å². The van der Waals surface area contributed by atoms with E-state index in [0.717, 1.165) is 12.1 Å². The average molecular weight is 276 g/mol. The molecule has 0 atom stereocenters. The fourth-order valence-corrected chi connectivity index (χ4v) is 1.75. The van der Waals surface area contributed by atoms with Crippen molar-refractivity contribution in [3.05, 3.63) is 41.2 Å². The highest BCUT2D eigenvalue weighted by Gasteiger charge is 2.31. The molecule has 0 aliphatic carbocycles. The lowest BCUT2D eigenvalue weighted by Crippen LogP contribution is -2.09. The van der Waals surface area contributed by atoms with E-state index in [4.69, 9.17) is 11.6 Å². The first-order valence-electron chi connectivity index (χ1n) is 5.07. The Bertz CT molecular complexity index is 563. The second-order valence-corrected chi connectivity index (χ2v) is 4.04. The van der Waals surface area contributed by atoms with Crippen molar-refractivity contribution in [1.82, 2.24) is 15.0 Å². The molecular formula is C11H9ClF3N3. The molecule has 0 amide bonds. The molecule has 2 rings (SSSR count). The fourth-order valence-electron chi connectivity index (χ4n) is 1.56. The minimum Gasteiger partial charge on any atom is -0.216 e. The molecule has 96 valence electrons. The van der Waals surface area contributed by atoms with Gasteiger partial charge in [0.25, 0.3) is 0 Å². The van der Waals surface area contributed by atoms with Crippen LogP contribution in [-0.4, -0.2) is 15.0 Å². The van der Waals surface area contributed by atoms with Gasteiger partial charge in [-0.05, 0) is 24.6 Å². The number of hydrogen-bond acceptors (Lipinski definition) is 2. The van der Waals surface area contributed by atoms with Crippen LogP contribution in [0.3, 0.4) is 0 Å². The van der Waals surface area contributed by atoms with Crippen LogP contribution in [0.25, 0.3) is 5.69 Å². The molecule has 0 saturated heterocycles. The molecular weight excluding hydrogens is 267 g/mol. The molecule has 0 radical (unpaired) electrons. The van der Waals surface area contributed by atoms with Crippen LogP contribution in [0.4, 0.5) is 13.2 Å². The second-order valence-electron chi connectivity index (χ2n) is 3.77. The van der Waals surface area contributed by atoms with E-state index in [9.17, 15) is 13.2 Å². The Hall–Kier alpha value is -1.56. The summed E-state index contributed by atoms with van der Waals surface area (Å²) in [4.78, 5) is 0. The largest absolute Gasteiger partial charge is 0.416 e. The van der Waals surface area contributed by atoms with E-state index in [1.807, 2.05) is 0 Å². The average Bonchev–Trinajstić information content (AvgIpc) is 2.76. The Morgan fingerprint density at radius 1 is 1.33 bits per heavy atom. The number of aryl methyl sites for hydroxylation is 1. The maximum Gasteiger partial charge on any atom is 0.416 e. The minimum atomic E-state index is -4.38. The zero-order valence-electron chi connectivity index (χ0n) is 9.37. The third kappa shape index (κ3) is 2.33. The zero-order valence-corrected chi connectivity index (χ0v) is 10.1. The Labute approximate surface area is 106 Å². The van der Waals surface area contributed by atoms with Gasteiger partial charge < -0.3 is 0 Å². The summed E-state index contributed by atoms with van der Waals surface area (Å²) in [7, 11) is 0. The standard InChI is InChI=1S/C11H9ClF3N3/c1-7-2-3-8(11(13,14)15)4-10(7)18-9(5-12)6-16-17-18/h2-4,6H,5H2,1H3. The van der Waals surface area contributed by atoms with Crippen LogP contribution in [0.2, 0.25) is 0 Å². The third-order valence-corrected chi connectivity index (χ3v) is 2.80. The van der Waals surface area contributed by atoms with Crippen LogP contribution in [0.15, 0.2) is 24.4 Å². The maximum absolute atomic E-state index is 12.7. The van der Waals surface area contributed by atoms with Crippen LogP contribution in [-0.2, 0) is 12.1 Å². The van der Waals surface area contributed by atoms with Gasteiger partial charge in [0.1, 0.15) is 0 Å². The van der Waals surface area contributed by atoms with Gasteiger partial charge in [-0.3, -0.25) is 0 Å². The minimum absolute atomic E-state index is 0.128. The molecule has 0 fully saturated rings. The summed E-state index contributed by atoms with van der Waals surface area (Å²) in [6.45, 7) is 1.70. The summed E-state index contributed by atoms with van der Waals surface area (Å²) < 4.78 is 39.3. The summed E-state index contributed by atoms with van der Waals surface area (Å²) in [5, 5.41) is 7.41. The molecule has 7 heteroatoms. The number of alkyl halides is 4. The zero-order chi connectivity index (χ0) is 13.3. The molecule has 0 aliphatic rings. The second kappa shape index (κ2) is 4.61. The van der Waals surface area contributed by atoms with Gasteiger partial charge in [0.2, 0.25) is 0 Å². The molecule has 0 unspecified atom stereocenters. The van der Waals surface area contributed by atoms with Gasteiger partial charge in [0.15, 0.2) is 0 Å². The van der Waals surface area contributed by atoms with Gasteiger partial charge in [-0.1, -0.05) is 11.3 Å².